The number of hydrogen-bond donors (Lipinski definition) is 2. The number of imidazole rings is 1. The maximum Gasteiger partial charge on any atom is 0.244 e. The molecule has 9 nitrogen and oxygen atoms in total. The van der Waals surface area contributed by atoms with Gasteiger partial charge in [0.25, 0.3) is 0 Å². The van der Waals surface area contributed by atoms with Gasteiger partial charge >= 0.3 is 0 Å². The van der Waals surface area contributed by atoms with Gasteiger partial charge in [-0.2, -0.15) is 4.98 Å². The van der Waals surface area contributed by atoms with E-state index in [4.69, 9.17) is 8.94 Å². The maximum absolute atomic E-state index is 9.24. The zero-order chi connectivity index (χ0) is 18.9. The SMILES string of the molecule is OCc1ccc(CN2Cc3[nH]cnc3C[C@H]2c2nc(-c3ccccn3)no2)o1. The van der Waals surface area contributed by atoms with Crippen LogP contribution in [0.2, 0.25) is 0 Å². The largest absolute Gasteiger partial charge is 0.462 e. The highest BCUT2D eigenvalue weighted by Gasteiger charge is 2.33. The third-order valence-electron chi connectivity index (χ3n) is 4.85. The normalized spacial score (nSPS) is 17.0. The van der Waals surface area contributed by atoms with Crippen molar-refractivity contribution in [3.63, 3.8) is 0 Å². The summed E-state index contributed by atoms with van der Waals surface area (Å²) in [6.07, 6.45) is 4.05. The summed E-state index contributed by atoms with van der Waals surface area (Å²) in [5, 5.41) is 13.3. The number of furan rings is 1. The predicted molar refractivity (Wildman–Crippen MR) is 96.4 cm³/mol. The van der Waals surface area contributed by atoms with Crippen LogP contribution in [0, 0.1) is 0 Å². The van der Waals surface area contributed by atoms with Crippen LogP contribution in [-0.2, 0) is 26.1 Å². The number of rotatable bonds is 5. The van der Waals surface area contributed by atoms with E-state index < -0.39 is 0 Å². The minimum absolute atomic E-state index is 0.120. The van der Waals surface area contributed by atoms with Crippen molar-refractivity contribution in [2.24, 2.45) is 0 Å². The Balaban J connectivity index is 1.45. The second-order valence-electron chi connectivity index (χ2n) is 6.65. The molecule has 0 aromatic carbocycles. The molecule has 0 spiro atoms. The molecule has 1 aliphatic rings. The van der Waals surface area contributed by atoms with E-state index in [1.807, 2.05) is 24.3 Å². The van der Waals surface area contributed by atoms with Crippen LogP contribution in [0.15, 0.2) is 51.8 Å². The first-order valence-electron chi connectivity index (χ1n) is 8.99. The molecule has 4 aromatic rings. The summed E-state index contributed by atoms with van der Waals surface area (Å²) in [7, 11) is 0. The number of aromatic amines is 1. The summed E-state index contributed by atoms with van der Waals surface area (Å²) >= 11 is 0. The molecule has 0 fully saturated rings. The molecular formula is C19H18N6O3. The van der Waals surface area contributed by atoms with Gasteiger partial charge in [0.15, 0.2) is 0 Å². The average molecular weight is 378 g/mol. The molecule has 0 amide bonds. The molecule has 0 saturated heterocycles. The van der Waals surface area contributed by atoms with Crippen molar-refractivity contribution < 1.29 is 14.0 Å². The van der Waals surface area contributed by atoms with E-state index in [0.717, 1.165) is 17.1 Å². The highest BCUT2D eigenvalue weighted by atomic mass is 16.5. The lowest BCUT2D eigenvalue weighted by Crippen LogP contribution is -2.34. The van der Waals surface area contributed by atoms with Crippen molar-refractivity contribution in [1.29, 1.82) is 0 Å². The third kappa shape index (κ3) is 3.10. The molecule has 142 valence electrons. The Bertz CT molecular complexity index is 1070. The zero-order valence-electron chi connectivity index (χ0n) is 14.9. The van der Waals surface area contributed by atoms with Crippen LogP contribution in [0.4, 0.5) is 0 Å². The molecule has 4 aromatic heterocycles. The number of hydrogen-bond acceptors (Lipinski definition) is 8. The van der Waals surface area contributed by atoms with Crippen LogP contribution in [0.25, 0.3) is 11.5 Å². The highest BCUT2D eigenvalue weighted by molar-refractivity contribution is 5.47. The second kappa shape index (κ2) is 7.02. The number of fused-ring (bicyclic) bond motifs is 1. The monoisotopic (exact) mass is 378 g/mol. The minimum Gasteiger partial charge on any atom is -0.462 e. The van der Waals surface area contributed by atoms with Gasteiger partial charge in [-0.1, -0.05) is 11.2 Å². The lowest BCUT2D eigenvalue weighted by atomic mass is 10.0. The molecule has 1 atom stereocenters. The molecule has 28 heavy (non-hydrogen) atoms. The van der Waals surface area contributed by atoms with E-state index in [-0.39, 0.29) is 12.6 Å². The summed E-state index contributed by atoms with van der Waals surface area (Å²) in [6, 6.07) is 9.09. The highest BCUT2D eigenvalue weighted by Crippen LogP contribution is 2.33. The first kappa shape index (κ1) is 16.8. The zero-order valence-corrected chi connectivity index (χ0v) is 14.9. The summed E-state index contributed by atoms with van der Waals surface area (Å²) in [6.45, 7) is 1.08. The number of aromatic nitrogens is 5. The van der Waals surface area contributed by atoms with Crippen LogP contribution in [0.1, 0.15) is 34.8 Å². The van der Waals surface area contributed by atoms with Gasteiger partial charge in [-0.25, -0.2) is 4.98 Å². The number of nitrogens with one attached hydrogen (secondary N) is 1. The van der Waals surface area contributed by atoms with E-state index >= 15 is 0 Å². The van der Waals surface area contributed by atoms with E-state index in [2.05, 4.69) is 30.0 Å². The standard InChI is InChI=1S/C19H18N6O3/c26-10-13-5-4-12(27-13)8-25-9-16-15(21-11-22-16)7-17(25)19-23-18(24-28-19)14-3-1-2-6-20-14/h1-6,11,17,26H,7-10H2,(H,21,22)/t17-/m0/s1. The Morgan fingerprint density at radius 1 is 1.18 bits per heavy atom. The molecular weight excluding hydrogens is 360 g/mol. The lowest BCUT2D eigenvalue weighted by Gasteiger charge is -2.31. The van der Waals surface area contributed by atoms with Crippen molar-refractivity contribution in [2.75, 3.05) is 0 Å². The van der Waals surface area contributed by atoms with Crippen LogP contribution >= 0.6 is 0 Å². The molecule has 0 aliphatic carbocycles. The topological polar surface area (TPSA) is 117 Å². The van der Waals surface area contributed by atoms with Gasteiger partial charge in [0, 0.05) is 19.2 Å². The smallest absolute Gasteiger partial charge is 0.244 e. The van der Waals surface area contributed by atoms with Gasteiger partial charge in [0.2, 0.25) is 11.7 Å². The number of aliphatic hydroxyl groups is 1. The number of nitrogens with zero attached hydrogens (tertiary/aromatic N) is 5. The Morgan fingerprint density at radius 2 is 2.11 bits per heavy atom. The van der Waals surface area contributed by atoms with Gasteiger partial charge in [-0.15, -0.1) is 0 Å². The molecule has 0 radical (unpaired) electrons. The summed E-state index contributed by atoms with van der Waals surface area (Å²) in [4.78, 5) is 18.7. The molecule has 1 aliphatic heterocycles. The number of pyridine rings is 1. The first-order valence-corrected chi connectivity index (χ1v) is 8.99. The fraction of sp³-hybridized carbons (Fsp3) is 0.263. The van der Waals surface area contributed by atoms with Gasteiger partial charge < -0.3 is 19.0 Å². The van der Waals surface area contributed by atoms with Crippen molar-refractivity contribution in [3.05, 3.63) is 71.7 Å². The van der Waals surface area contributed by atoms with E-state index in [0.29, 0.717) is 42.7 Å². The van der Waals surface area contributed by atoms with E-state index in [9.17, 15) is 5.11 Å². The van der Waals surface area contributed by atoms with Crippen LogP contribution in [0.5, 0.6) is 0 Å². The molecule has 5 rings (SSSR count). The number of aliphatic hydroxyl groups excluding tert-OH is 1. The van der Waals surface area contributed by atoms with Gasteiger partial charge in [0.05, 0.1) is 30.3 Å². The quantitative estimate of drug-likeness (QED) is 0.543. The average Bonchev–Trinajstić information content (AvgIpc) is 3.48. The first-order chi connectivity index (χ1) is 13.8. The lowest BCUT2D eigenvalue weighted by molar-refractivity contribution is 0.117. The Hall–Kier alpha value is -3.30. The maximum atomic E-state index is 9.24. The van der Waals surface area contributed by atoms with Crippen molar-refractivity contribution in [2.45, 2.75) is 32.2 Å². The summed E-state index contributed by atoms with van der Waals surface area (Å²) < 4.78 is 11.3. The number of H-pyrrole nitrogens is 1. The third-order valence-corrected chi connectivity index (χ3v) is 4.85. The molecule has 0 bridgehead atoms. The predicted octanol–water partition coefficient (Wildman–Crippen LogP) is 2.24. The van der Waals surface area contributed by atoms with Crippen LogP contribution < -0.4 is 0 Å². The van der Waals surface area contributed by atoms with Gasteiger partial charge in [-0.3, -0.25) is 9.88 Å². The summed E-state index contributed by atoms with van der Waals surface area (Å²) in [5.74, 6) is 2.29. The van der Waals surface area contributed by atoms with Crippen molar-refractivity contribution >= 4 is 0 Å². The molecule has 2 N–H and O–H groups in total. The van der Waals surface area contributed by atoms with Crippen LogP contribution in [-0.4, -0.2) is 35.1 Å². The summed E-state index contributed by atoms with van der Waals surface area (Å²) in [5.41, 5.74) is 2.72. The van der Waals surface area contributed by atoms with E-state index in [1.54, 1.807) is 18.6 Å². The molecule has 0 saturated carbocycles. The Morgan fingerprint density at radius 3 is 2.93 bits per heavy atom. The molecule has 0 unspecified atom stereocenters. The van der Waals surface area contributed by atoms with Gasteiger partial charge in [-0.05, 0) is 24.3 Å². The van der Waals surface area contributed by atoms with Crippen LogP contribution in [0.3, 0.4) is 0 Å². The molecule has 9 heteroatoms. The molecule has 5 heterocycles. The Labute approximate surface area is 160 Å². The van der Waals surface area contributed by atoms with Crippen molar-refractivity contribution in [3.8, 4) is 11.5 Å². The second-order valence-corrected chi connectivity index (χ2v) is 6.65. The minimum atomic E-state index is -0.136. The fourth-order valence-corrected chi connectivity index (χ4v) is 3.46. The van der Waals surface area contributed by atoms with Gasteiger partial charge in [0.1, 0.15) is 23.8 Å². The van der Waals surface area contributed by atoms with Crippen molar-refractivity contribution in [1.82, 2.24) is 30.0 Å². The fourth-order valence-electron chi connectivity index (χ4n) is 3.46. The van der Waals surface area contributed by atoms with E-state index in [1.165, 1.54) is 0 Å². The Kier molecular flexibility index (Phi) is 4.22.